The van der Waals surface area contributed by atoms with E-state index in [0.29, 0.717) is 14.5 Å². The molecule has 0 bridgehead atoms. The van der Waals surface area contributed by atoms with Crippen LogP contribution in [0.2, 0.25) is 0 Å². The van der Waals surface area contributed by atoms with E-state index in [1.54, 1.807) is 6.41 Å². The van der Waals surface area contributed by atoms with Crippen LogP contribution in [0.15, 0.2) is 17.1 Å². The Bertz CT molecular complexity index is 159. The topological polar surface area (TPSA) is 29.1 Å². The summed E-state index contributed by atoms with van der Waals surface area (Å²) in [6.07, 6.45) is 1.62. The van der Waals surface area contributed by atoms with E-state index in [2.05, 4.69) is 5.32 Å². The van der Waals surface area contributed by atoms with Crippen molar-refractivity contribution in [3.63, 3.8) is 0 Å². The molecule has 0 saturated heterocycles. The molecule has 0 unspecified atom stereocenters. The molecule has 8 heavy (non-hydrogen) atoms. The molecular formula is C5H4NOSe. The Labute approximate surface area is 53.3 Å². The van der Waals surface area contributed by atoms with Gasteiger partial charge < -0.3 is 0 Å². The summed E-state index contributed by atoms with van der Waals surface area (Å²) < 4.78 is 0.979. The van der Waals surface area contributed by atoms with Gasteiger partial charge in [-0.1, -0.05) is 0 Å². The molecule has 0 aliphatic heterocycles. The standard InChI is InChI=1S/C5H4NOSe/c7-4-6-5-2-1-3-8-5/h1-3H,(H,6,7). The Balaban J connectivity index is 2.62. The first kappa shape index (κ1) is 5.60. The second kappa shape index (κ2) is 2.70. The van der Waals surface area contributed by atoms with E-state index >= 15 is 0 Å². The van der Waals surface area contributed by atoms with Crippen molar-refractivity contribution < 1.29 is 4.79 Å². The first-order valence-electron chi connectivity index (χ1n) is 2.10. The minimum atomic E-state index is 0.345. The molecule has 1 aromatic rings. The Kier molecular flexibility index (Phi) is 1.89. The van der Waals surface area contributed by atoms with Crippen molar-refractivity contribution in [1.29, 1.82) is 0 Å². The van der Waals surface area contributed by atoms with Crippen LogP contribution in [0.5, 0.6) is 0 Å². The zero-order chi connectivity index (χ0) is 5.82. The summed E-state index contributed by atoms with van der Waals surface area (Å²) in [7, 11) is 0. The van der Waals surface area contributed by atoms with Gasteiger partial charge in [-0.3, -0.25) is 0 Å². The molecule has 0 spiro atoms. The number of hydrogen-bond donors (Lipinski definition) is 1. The van der Waals surface area contributed by atoms with Gasteiger partial charge in [-0.15, -0.1) is 0 Å². The van der Waals surface area contributed by atoms with Crippen molar-refractivity contribution in [3.8, 4) is 0 Å². The SMILES string of the molecule is O=[C]Nc1ccc[se]1. The fourth-order valence-corrected chi connectivity index (χ4v) is 1.58. The molecule has 1 heterocycles. The van der Waals surface area contributed by atoms with Gasteiger partial charge in [0.05, 0.1) is 0 Å². The van der Waals surface area contributed by atoms with Crippen LogP contribution in [0.4, 0.5) is 4.56 Å². The second-order valence-electron chi connectivity index (χ2n) is 1.20. The van der Waals surface area contributed by atoms with Crippen LogP contribution >= 0.6 is 0 Å². The molecule has 0 saturated carbocycles. The molecule has 1 N–H and O–H groups in total. The van der Waals surface area contributed by atoms with E-state index in [9.17, 15) is 4.79 Å². The van der Waals surface area contributed by atoms with E-state index in [1.807, 2.05) is 17.1 Å². The van der Waals surface area contributed by atoms with Crippen LogP contribution < -0.4 is 5.32 Å². The van der Waals surface area contributed by atoms with Gasteiger partial charge in [0.2, 0.25) is 0 Å². The molecule has 1 aromatic heterocycles. The summed E-state index contributed by atoms with van der Waals surface area (Å²) >= 11 is 0.345. The quantitative estimate of drug-likeness (QED) is 0.503. The number of rotatable bonds is 2. The molecule has 2 nitrogen and oxygen atoms in total. The van der Waals surface area contributed by atoms with Gasteiger partial charge in [-0.2, -0.15) is 0 Å². The maximum absolute atomic E-state index is 9.67. The maximum atomic E-state index is 9.67. The molecule has 1 radical (unpaired) electrons. The number of amides is 1. The molecule has 0 fully saturated rings. The zero-order valence-corrected chi connectivity index (χ0v) is 5.76. The molecular weight excluding hydrogens is 169 g/mol. The second-order valence-corrected chi connectivity index (χ2v) is 3.19. The predicted octanol–water partition coefficient (Wildman–Crippen LogP) is 0.223. The monoisotopic (exact) mass is 174 g/mol. The van der Waals surface area contributed by atoms with Crippen LogP contribution in [-0.4, -0.2) is 20.9 Å². The summed E-state index contributed by atoms with van der Waals surface area (Å²) in [6.45, 7) is 0. The molecule has 1 amide bonds. The summed E-state index contributed by atoms with van der Waals surface area (Å²) in [4.78, 5) is 11.7. The van der Waals surface area contributed by atoms with Crippen LogP contribution in [0, 0.1) is 0 Å². The van der Waals surface area contributed by atoms with E-state index < -0.39 is 0 Å². The average Bonchev–Trinajstić information content (AvgIpc) is 2.19. The van der Waals surface area contributed by atoms with Crippen LogP contribution in [0.25, 0.3) is 0 Å². The zero-order valence-electron chi connectivity index (χ0n) is 4.05. The van der Waals surface area contributed by atoms with E-state index in [-0.39, 0.29) is 0 Å². The third-order valence-electron chi connectivity index (χ3n) is 0.695. The Hall–Kier alpha value is -0.531. The van der Waals surface area contributed by atoms with Gasteiger partial charge in [0, 0.05) is 0 Å². The number of carbonyl (C=O) groups excluding carboxylic acids is 1. The van der Waals surface area contributed by atoms with Gasteiger partial charge in [0.1, 0.15) is 0 Å². The fourth-order valence-electron chi connectivity index (χ4n) is 0.400. The molecule has 1 rings (SSSR count). The first-order valence-corrected chi connectivity index (χ1v) is 3.94. The van der Waals surface area contributed by atoms with Crippen molar-refractivity contribution >= 4 is 25.5 Å². The summed E-state index contributed by atoms with van der Waals surface area (Å²) in [5.74, 6) is 0. The Morgan fingerprint density at radius 1 is 1.75 bits per heavy atom. The van der Waals surface area contributed by atoms with E-state index in [0.717, 1.165) is 4.56 Å². The van der Waals surface area contributed by atoms with Crippen molar-refractivity contribution in [2.24, 2.45) is 0 Å². The van der Waals surface area contributed by atoms with Crippen LogP contribution in [0.1, 0.15) is 0 Å². The molecule has 0 aliphatic carbocycles. The third kappa shape index (κ3) is 1.22. The number of hydrogen-bond acceptors (Lipinski definition) is 1. The van der Waals surface area contributed by atoms with E-state index in [4.69, 9.17) is 0 Å². The summed E-state index contributed by atoms with van der Waals surface area (Å²) in [5, 5.41) is 2.47. The van der Waals surface area contributed by atoms with Crippen molar-refractivity contribution in [1.82, 2.24) is 0 Å². The number of nitrogens with one attached hydrogen (secondary N) is 1. The molecule has 0 aliphatic rings. The van der Waals surface area contributed by atoms with Gasteiger partial charge in [0.25, 0.3) is 0 Å². The van der Waals surface area contributed by atoms with Gasteiger partial charge in [-0.25, -0.2) is 0 Å². The summed E-state index contributed by atoms with van der Waals surface area (Å²) in [5.41, 5.74) is 0. The van der Waals surface area contributed by atoms with Crippen molar-refractivity contribution in [2.75, 3.05) is 5.32 Å². The normalized spacial score (nSPS) is 8.50. The molecule has 41 valence electrons. The average molecular weight is 173 g/mol. The fraction of sp³-hybridized carbons (Fsp3) is 0. The van der Waals surface area contributed by atoms with Crippen molar-refractivity contribution in [3.05, 3.63) is 17.1 Å². The first-order chi connectivity index (χ1) is 3.93. The molecule has 3 heteroatoms. The van der Waals surface area contributed by atoms with Crippen molar-refractivity contribution in [2.45, 2.75) is 0 Å². The molecule has 0 atom stereocenters. The predicted molar refractivity (Wildman–Crippen MR) is 32.7 cm³/mol. The summed E-state index contributed by atoms with van der Waals surface area (Å²) in [6, 6.07) is 3.81. The number of anilines is 1. The minimum absolute atomic E-state index is 0.345. The van der Waals surface area contributed by atoms with Crippen LogP contribution in [0.3, 0.4) is 0 Å². The van der Waals surface area contributed by atoms with Gasteiger partial charge in [0.15, 0.2) is 0 Å². The van der Waals surface area contributed by atoms with Gasteiger partial charge >= 0.3 is 52.7 Å². The Morgan fingerprint density at radius 3 is 3.12 bits per heavy atom. The third-order valence-corrected chi connectivity index (χ3v) is 2.34. The van der Waals surface area contributed by atoms with E-state index in [1.165, 1.54) is 0 Å². The Morgan fingerprint density at radius 2 is 2.62 bits per heavy atom. The van der Waals surface area contributed by atoms with Gasteiger partial charge in [-0.05, 0) is 0 Å². The molecule has 0 aromatic carbocycles. The van der Waals surface area contributed by atoms with Crippen LogP contribution in [-0.2, 0) is 4.79 Å².